The molecule has 4 N–H and O–H groups in total. The molecule has 1 heterocycles. The van der Waals surface area contributed by atoms with Gasteiger partial charge >= 0.3 is 6.03 Å². The van der Waals surface area contributed by atoms with Crippen molar-refractivity contribution in [2.24, 2.45) is 10.9 Å². The molecule has 0 unspecified atom stereocenters. The van der Waals surface area contributed by atoms with Crippen LogP contribution in [0.2, 0.25) is 5.02 Å². The maximum Gasteiger partial charge on any atom is 0.321 e. The minimum absolute atomic E-state index is 0.0257. The van der Waals surface area contributed by atoms with Crippen molar-refractivity contribution in [2.45, 2.75) is 25.7 Å². The molecule has 0 radical (unpaired) electrons. The third-order valence-electron chi connectivity index (χ3n) is 3.51. The maximum absolute atomic E-state index is 12.2. The first kappa shape index (κ1) is 15.4. The summed E-state index contributed by atoms with van der Waals surface area (Å²) in [6, 6.07) is 4.69. The van der Waals surface area contributed by atoms with Gasteiger partial charge in [-0.2, -0.15) is 0 Å². The number of hydrogen-bond donors (Lipinski definition) is 3. The Morgan fingerprint density at radius 1 is 1.29 bits per heavy atom. The van der Waals surface area contributed by atoms with Crippen LogP contribution in [0.3, 0.4) is 0 Å². The average Bonchev–Trinajstić information content (AvgIpc) is 2.77. The second-order valence-corrected chi connectivity index (χ2v) is 5.42. The van der Waals surface area contributed by atoms with E-state index in [-0.39, 0.29) is 11.9 Å². The number of nitrogens with two attached hydrogens (primary N) is 1. The number of amides is 2. The lowest BCUT2D eigenvalue weighted by atomic mass is 10.2. The van der Waals surface area contributed by atoms with Gasteiger partial charge in [0.15, 0.2) is 5.84 Å². The summed E-state index contributed by atoms with van der Waals surface area (Å²) in [5.74, 6) is -0.0257. The Kier molecular flexibility index (Phi) is 5.27. The molecule has 0 bridgehead atoms. The third kappa shape index (κ3) is 4.01. The molecule has 6 nitrogen and oxygen atoms in total. The molecule has 1 fully saturated rings. The molecule has 7 heteroatoms. The third-order valence-corrected chi connectivity index (χ3v) is 3.82. The minimum Gasteiger partial charge on any atom is -0.409 e. The highest BCUT2D eigenvalue weighted by Gasteiger charge is 2.16. The van der Waals surface area contributed by atoms with Gasteiger partial charge in [0.25, 0.3) is 0 Å². The van der Waals surface area contributed by atoms with Gasteiger partial charge in [-0.05, 0) is 31.0 Å². The Morgan fingerprint density at radius 3 is 2.52 bits per heavy atom. The Balaban J connectivity index is 2.06. The van der Waals surface area contributed by atoms with Crippen LogP contribution in [-0.2, 0) is 0 Å². The summed E-state index contributed by atoms with van der Waals surface area (Å²) < 4.78 is 0. The van der Waals surface area contributed by atoms with E-state index < -0.39 is 0 Å². The van der Waals surface area contributed by atoms with Crippen molar-refractivity contribution in [2.75, 3.05) is 18.4 Å². The zero-order valence-electron chi connectivity index (χ0n) is 11.7. The van der Waals surface area contributed by atoms with Gasteiger partial charge in [-0.3, -0.25) is 0 Å². The number of nitrogens with one attached hydrogen (secondary N) is 1. The van der Waals surface area contributed by atoms with E-state index in [9.17, 15) is 4.79 Å². The van der Waals surface area contributed by atoms with Crippen molar-refractivity contribution < 1.29 is 10.0 Å². The number of rotatable bonds is 2. The van der Waals surface area contributed by atoms with E-state index in [0.717, 1.165) is 25.9 Å². The van der Waals surface area contributed by atoms with Crippen molar-refractivity contribution in [3.8, 4) is 0 Å². The second kappa shape index (κ2) is 7.17. The van der Waals surface area contributed by atoms with Crippen LogP contribution in [0.5, 0.6) is 0 Å². The van der Waals surface area contributed by atoms with Crippen LogP contribution in [0, 0.1) is 0 Å². The Hall–Kier alpha value is -1.95. The quantitative estimate of drug-likeness (QED) is 0.339. The van der Waals surface area contributed by atoms with Gasteiger partial charge in [0, 0.05) is 18.7 Å². The molecule has 114 valence electrons. The molecule has 1 aromatic rings. The van der Waals surface area contributed by atoms with Crippen LogP contribution in [-0.4, -0.2) is 35.1 Å². The van der Waals surface area contributed by atoms with Crippen molar-refractivity contribution >= 4 is 29.2 Å². The number of likely N-dealkylation sites (tertiary alicyclic amines) is 1. The summed E-state index contributed by atoms with van der Waals surface area (Å²) in [5.41, 5.74) is 6.50. The van der Waals surface area contributed by atoms with Gasteiger partial charge in [0.1, 0.15) is 0 Å². The van der Waals surface area contributed by atoms with E-state index >= 15 is 0 Å². The molecule has 0 saturated carbocycles. The van der Waals surface area contributed by atoms with Gasteiger partial charge in [-0.1, -0.05) is 29.6 Å². The number of carbonyl (C=O) groups is 1. The van der Waals surface area contributed by atoms with Crippen molar-refractivity contribution in [3.63, 3.8) is 0 Å². The molecule has 2 amide bonds. The standard InChI is InChI=1S/C14H19ClN4O2/c15-11-9-10(13(16)18-21)5-6-12(11)17-14(20)19-7-3-1-2-4-8-19/h5-6,9,21H,1-4,7-8H2,(H2,16,18)(H,17,20). The fourth-order valence-electron chi connectivity index (χ4n) is 2.30. The zero-order valence-corrected chi connectivity index (χ0v) is 12.4. The van der Waals surface area contributed by atoms with Crippen molar-refractivity contribution in [1.82, 2.24) is 4.90 Å². The summed E-state index contributed by atoms with van der Waals surface area (Å²) in [6.45, 7) is 1.54. The molecular formula is C14H19ClN4O2. The lowest BCUT2D eigenvalue weighted by molar-refractivity contribution is 0.214. The Labute approximate surface area is 128 Å². The van der Waals surface area contributed by atoms with Crippen molar-refractivity contribution in [1.29, 1.82) is 0 Å². The normalized spacial score (nSPS) is 16.4. The summed E-state index contributed by atoms with van der Waals surface area (Å²) in [7, 11) is 0. The average molecular weight is 311 g/mol. The van der Waals surface area contributed by atoms with Crippen LogP contribution >= 0.6 is 11.6 Å². The number of carbonyl (C=O) groups excluding carboxylic acids is 1. The zero-order chi connectivity index (χ0) is 15.2. The first-order chi connectivity index (χ1) is 10.1. The molecule has 0 aliphatic carbocycles. The number of halogens is 1. The number of benzene rings is 1. The van der Waals surface area contributed by atoms with Gasteiger partial charge in [0.05, 0.1) is 10.7 Å². The van der Waals surface area contributed by atoms with Gasteiger partial charge < -0.3 is 21.2 Å². The van der Waals surface area contributed by atoms with Crippen LogP contribution in [0.1, 0.15) is 31.2 Å². The second-order valence-electron chi connectivity index (χ2n) is 5.01. The predicted molar refractivity (Wildman–Crippen MR) is 83.0 cm³/mol. The maximum atomic E-state index is 12.2. The number of amidine groups is 1. The highest BCUT2D eigenvalue weighted by molar-refractivity contribution is 6.34. The SMILES string of the molecule is N/C(=N/O)c1ccc(NC(=O)N2CCCCCC2)c(Cl)c1. The Morgan fingerprint density at radius 2 is 1.95 bits per heavy atom. The predicted octanol–water partition coefficient (Wildman–Crippen LogP) is 2.84. The highest BCUT2D eigenvalue weighted by atomic mass is 35.5. The largest absolute Gasteiger partial charge is 0.409 e. The van der Waals surface area contributed by atoms with E-state index in [1.807, 2.05) is 0 Å². The lowest BCUT2D eigenvalue weighted by Crippen LogP contribution is -2.35. The Bertz CT molecular complexity index is 540. The fraction of sp³-hybridized carbons (Fsp3) is 0.429. The molecule has 1 aliphatic rings. The number of hydrogen-bond acceptors (Lipinski definition) is 3. The highest BCUT2D eigenvalue weighted by Crippen LogP contribution is 2.23. The van der Waals surface area contributed by atoms with E-state index in [2.05, 4.69) is 10.5 Å². The topological polar surface area (TPSA) is 91.0 Å². The van der Waals surface area contributed by atoms with E-state index in [4.69, 9.17) is 22.5 Å². The lowest BCUT2D eigenvalue weighted by Gasteiger charge is -2.21. The summed E-state index contributed by atoms with van der Waals surface area (Å²) >= 11 is 6.12. The van der Waals surface area contributed by atoms with Gasteiger partial charge in [-0.15, -0.1) is 0 Å². The number of urea groups is 1. The van der Waals surface area contributed by atoms with E-state index in [0.29, 0.717) is 16.3 Å². The molecule has 0 aromatic heterocycles. The molecule has 2 rings (SSSR count). The molecule has 1 saturated heterocycles. The van der Waals surface area contributed by atoms with Crippen LogP contribution in [0.15, 0.2) is 23.4 Å². The van der Waals surface area contributed by atoms with Crippen LogP contribution < -0.4 is 11.1 Å². The summed E-state index contributed by atoms with van der Waals surface area (Å²) in [6.07, 6.45) is 4.39. The molecular weight excluding hydrogens is 292 g/mol. The molecule has 1 aromatic carbocycles. The van der Waals surface area contributed by atoms with Crippen LogP contribution in [0.4, 0.5) is 10.5 Å². The van der Waals surface area contributed by atoms with Crippen LogP contribution in [0.25, 0.3) is 0 Å². The number of anilines is 1. The summed E-state index contributed by atoms with van der Waals surface area (Å²) in [5, 5.41) is 14.7. The fourth-order valence-corrected chi connectivity index (χ4v) is 2.53. The van der Waals surface area contributed by atoms with E-state index in [1.54, 1.807) is 23.1 Å². The number of oxime groups is 1. The van der Waals surface area contributed by atoms with Crippen molar-refractivity contribution in [3.05, 3.63) is 28.8 Å². The summed E-state index contributed by atoms with van der Waals surface area (Å²) in [4.78, 5) is 14.0. The molecule has 1 aliphatic heterocycles. The first-order valence-electron chi connectivity index (χ1n) is 6.95. The van der Waals surface area contributed by atoms with E-state index in [1.165, 1.54) is 12.8 Å². The molecule has 0 spiro atoms. The smallest absolute Gasteiger partial charge is 0.321 e. The molecule has 21 heavy (non-hydrogen) atoms. The molecule has 0 atom stereocenters. The number of nitrogens with zero attached hydrogens (tertiary/aromatic N) is 2. The first-order valence-corrected chi connectivity index (χ1v) is 7.33. The monoisotopic (exact) mass is 310 g/mol. The van der Waals surface area contributed by atoms with Gasteiger partial charge in [-0.25, -0.2) is 4.79 Å². The van der Waals surface area contributed by atoms with Gasteiger partial charge in [0.2, 0.25) is 0 Å². The minimum atomic E-state index is -0.143.